The van der Waals surface area contributed by atoms with Crippen LogP contribution in [0.4, 0.5) is 0 Å². The van der Waals surface area contributed by atoms with E-state index in [1.54, 1.807) is 0 Å². The number of nitrogens with zero attached hydrogens (tertiary/aromatic N) is 2. The molecule has 66 valence electrons. The Morgan fingerprint density at radius 2 is 1.82 bits per heavy atom. The van der Waals surface area contributed by atoms with E-state index in [4.69, 9.17) is 0 Å². The Morgan fingerprint density at radius 3 is 2.09 bits per heavy atom. The molecule has 0 radical (unpaired) electrons. The van der Waals surface area contributed by atoms with Gasteiger partial charge in [-0.15, -0.1) is 0 Å². The van der Waals surface area contributed by atoms with Gasteiger partial charge in [0.05, 0.1) is 6.17 Å². The van der Waals surface area contributed by atoms with Gasteiger partial charge in [-0.2, -0.15) is 0 Å². The average molecular weight is 156 g/mol. The summed E-state index contributed by atoms with van der Waals surface area (Å²) >= 11 is 0. The van der Waals surface area contributed by atoms with E-state index >= 15 is 0 Å². The van der Waals surface area contributed by atoms with E-state index in [1.165, 1.54) is 19.4 Å². The SMILES string of the molecule is CCC1CN(C)C(CC)N1C. The van der Waals surface area contributed by atoms with Crippen molar-refractivity contribution in [3.8, 4) is 0 Å². The largest absolute Gasteiger partial charge is 0.289 e. The molecule has 11 heavy (non-hydrogen) atoms. The van der Waals surface area contributed by atoms with Crippen LogP contribution in [0.1, 0.15) is 26.7 Å². The van der Waals surface area contributed by atoms with Crippen LogP contribution in [-0.2, 0) is 0 Å². The van der Waals surface area contributed by atoms with Crippen LogP contribution in [0.25, 0.3) is 0 Å². The quantitative estimate of drug-likeness (QED) is 0.596. The average Bonchev–Trinajstić information content (AvgIpc) is 2.26. The zero-order valence-electron chi connectivity index (χ0n) is 8.17. The molecule has 0 aromatic heterocycles. The fraction of sp³-hybridized carbons (Fsp3) is 1.00. The van der Waals surface area contributed by atoms with E-state index in [0.29, 0.717) is 6.17 Å². The van der Waals surface area contributed by atoms with Gasteiger partial charge in [0.2, 0.25) is 0 Å². The molecule has 1 aliphatic rings. The van der Waals surface area contributed by atoms with Crippen LogP contribution < -0.4 is 0 Å². The van der Waals surface area contributed by atoms with Crippen LogP contribution in [0, 0.1) is 0 Å². The number of hydrogen-bond donors (Lipinski definition) is 0. The van der Waals surface area contributed by atoms with Crippen molar-refractivity contribution in [2.45, 2.75) is 38.9 Å². The Kier molecular flexibility index (Phi) is 2.90. The molecule has 2 nitrogen and oxygen atoms in total. The fourth-order valence-corrected chi connectivity index (χ4v) is 2.15. The third-order valence-corrected chi connectivity index (χ3v) is 2.89. The maximum Gasteiger partial charge on any atom is 0.0618 e. The molecule has 0 spiro atoms. The normalized spacial score (nSPS) is 34.9. The summed E-state index contributed by atoms with van der Waals surface area (Å²) in [4.78, 5) is 4.95. The van der Waals surface area contributed by atoms with E-state index < -0.39 is 0 Å². The third-order valence-electron chi connectivity index (χ3n) is 2.89. The van der Waals surface area contributed by atoms with E-state index in [1.807, 2.05) is 0 Å². The van der Waals surface area contributed by atoms with Gasteiger partial charge in [0.15, 0.2) is 0 Å². The summed E-state index contributed by atoms with van der Waals surface area (Å²) in [5.41, 5.74) is 0. The minimum absolute atomic E-state index is 0.681. The van der Waals surface area contributed by atoms with Crippen LogP contribution in [0.15, 0.2) is 0 Å². The molecule has 1 fully saturated rings. The highest BCUT2D eigenvalue weighted by molar-refractivity contribution is 4.84. The molecular weight excluding hydrogens is 136 g/mol. The first kappa shape index (κ1) is 9.01. The lowest BCUT2D eigenvalue weighted by Crippen LogP contribution is -2.35. The van der Waals surface area contributed by atoms with Crippen LogP contribution >= 0.6 is 0 Å². The molecule has 0 N–H and O–H groups in total. The van der Waals surface area contributed by atoms with Crippen molar-refractivity contribution in [2.75, 3.05) is 20.6 Å². The first-order chi connectivity index (χ1) is 5.20. The standard InChI is InChI=1S/C9H20N2/c1-5-8-7-10(3)9(6-2)11(8)4/h8-9H,5-7H2,1-4H3. The Balaban J connectivity index is 2.55. The van der Waals surface area contributed by atoms with Crippen molar-refractivity contribution < 1.29 is 0 Å². The lowest BCUT2D eigenvalue weighted by Gasteiger charge is -2.25. The van der Waals surface area contributed by atoms with Crippen molar-refractivity contribution in [3.63, 3.8) is 0 Å². The summed E-state index contributed by atoms with van der Waals surface area (Å²) in [5, 5.41) is 0. The number of hydrogen-bond acceptors (Lipinski definition) is 2. The lowest BCUT2D eigenvalue weighted by molar-refractivity contribution is 0.163. The minimum Gasteiger partial charge on any atom is -0.289 e. The van der Waals surface area contributed by atoms with Crippen molar-refractivity contribution in [1.82, 2.24) is 9.80 Å². The second-order valence-corrected chi connectivity index (χ2v) is 3.56. The van der Waals surface area contributed by atoms with Gasteiger partial charge in [0.1, 0.15) is 0 Å². The smallest absolute Gasteiger partial charge is 0.0618 e. The molecule has 1 heterocycles. The Bertz CT molecular complexity index is 125. The van der Waals surface area contributed by atoms with E-state index in [9.17, 15) is 0 Å². The molecule has 0 aromatic rings. The van der Waals surface area contributed by atoms with Crippen molar-refractivity contribution in [2.24, 2.45) is 0 Å². The highest BCUT2D eigenvalue weighted by Gasteiger charge is 2.31. The molecule has 0 aromatic carbocycles. The molecular formula is C9H20N2. The van der Waals surface area contributed by atoms with Gasteiger partial charge < -0.3 is 0 Å². The van der Waals surface area contributed by atoms with Crippen LogP contribution in [0.3, 0.4) is 0 Å². The van der Waals surface area contributed by atoms with Gasteiger partial charge in [-0.05, 0) is 26.9 Å². The van der Waals surface area contributed by atoms with Gasteiger partial charge >= 0.3 is 0 Å². The highest BCUT2D eigenvalue weighted by atomic mass is 15.4. The maximum atomic E-state index is 2.50. The van der Waals surface area contributed by atoms with Gasteiger partial charge in [0, 0.05) is 12.6 Å². The Hall–Kier alpha value is -0.0800. The molecule has 0 amide bonds. The van der Waals surface area contributed by atoms with Crippen LogP contribution in [0.2, 0.25) is 0 Å². The zero-order valence-corrected chi connectivity index (χ0v) is 8.17. The predicted octanol–water partition coefficient (Wildman–Crippen LogP) is 1.38. The second-order valence-electron chi connectivity index (χ2n) is 3.56. The summed E-state index contributed by atoms with van der Waals surface area (Å²) in [6.45, 7) is 5.77. The van der Waals surface area contributed by atoms with Gasteiger partial charge in [-0.3, -0.25) is 9.80 Å². The molecule has 2 heteroatoms. The molecule has 0 bridgehead atoms. The molecule has 1 aliphatic heterocycles. The highest BCUT2D eigenvalue weighted by Crippen LogP contribution is 2.20. The number of likely N-dealkylation sites (N-methyl/N-ethyl adjacent to an activating group) is 2. The van der Waals surface area contributed by atoms with Crippen molar-refractivity contribution in [3.05, 3.63) is 0 Å². The Morgan fingerprint density at radius 1 is 1.18 bits per heavy atom. The van der Waals surface area contributed by atoms with Crippen LogP contribution in [-0.4, -0.2) is 42.6 Å². The molecule has 0 saturated carbocycles. The van der Waals surface area contributed by atoms with Crippen molar-refractivity contribution in [1.29, 1.82) is 0 Å². The molecule has 0 aliphatic carbocycles. The molecule has 2 atom stereocenters. The van der Waals surface area contributed by atoms with Gasteiger partial charge in [0.25, 0.3) is 0 Å². The summed E-state index contributed by atoms with van der Waals surface area (Å²) in [6, 6.07) is 0.782. The molecule has 1 saturated heterocycles. The summed E-state index contributed by atoms with van der Waals surface area (Å²) in [6.07, 6.45) is 3.20. The second kappa shape index (κ2) is 3.55. The predicted molar refractivity (Wildman–Crippen MR) is 48.6 cm³/mol. The van der Waals surface area contributed by atoms with Crippen LogP contribution in [0.5, 0.6) is 0 Å². The first-order valence-electron chi connectivity index (χ1n) is 4.62. The van der Waals surface area contributed by atoms with Gasteiger partial charge in [-0.25, -0.2) is 0 Å². The number of rotatable bonds is 2. The monoisotopic (exact) mass is 156 g/mol. The van der Waals surface area contributed by atoms with Crippen molar-refractivity contribution >= 4 is 0 Å². The first-order valence-corrected chi connectivity index (χ1v) is 4.62. The summed E-state index contributed by atoms with van der Waals surface area (Å²) < 4.78 is 0. The maximum absolute atomic E-state index is 2.50. The molecule has 2 unspecified atom stereocenters. The van der Waals surface area contributed by atoms with E-state index in [2.05, 4.69) is 37.7 Å². The minimum atomic E-state index is 0.681. The summed E-state index contributed by atoms with van der Waals surface area (Å²) in [5.74, 6) is 0. The summed E-state index contributed by atoms with van der Waals surface area (Å²) in [7, 11) is 4.46. The Labute approximate surface area is 70.2 Å². The van der Waals surface area contributed by atoms with E-state index in [0.717, 1.165) is 6.04 Å². The fourth-order valence-electron chi connectivity index (χ4n) is 2.15. The third kappa shape index (κ3) is 1.57. The lowest BCUT2D eigenvalue weighted by atomic mass is 10.2. The zero-order chi connectivity index (χ0) is 8.43. The molecule has 1 rings (SSSR count). The van der Waals surface area contributed by atoms with E-state index in [-0.39, 0.29) is 0 Å². The van der Waals surface area contributed by atoms with Gasteiger partial charge in [-0.1, -0.05) is 13.8 Å². The topological polar surface area (TPSA) is 6.48 Å².